The maximum Gasteiger partial charge on any atom is 0.0558 e. The van der Waals surface area contributed by atoms with Gasteiger partial charge in [-0.25, -0.2) is 0 Å². The molecule has 2 unspecified atom stereocenters. The first-order chi connectivity index (χ1) is 17.2. The van der Waals surface area contributed by atoms with Crippen molar-refractivity contribution < 1.29 is 5.11 Å². The number of rotatable bonds is 12. The summed E-state index contributed by atoms with van der Waals surface area (Å²) in [5, 5.41) is 14.5. The third kappa shape index (κ3) is 7.37. The van der Waals surface area contributed by atoms with Crippen LogP contribution in [0.25, 0.3) is 0 Å². The van der Waals surface area contributed by atoms with E-state index in [1.807, 2.05) is 30.3 Å². The predicted octanol–water partition coefficient (Wildman–Crippen LogP) is 5.82. The summed E-state index contributed by atoms with van der Waals surface area (Å²) in [7, 11) is 0. The van der Waals surface area contributed by atoms with Crippen LogP contribution in [0, 0.1) is 0 Å². The molecule has 0 fully saturated rings. The van der Waals surface area contributed by atoms with Gasteiger partial charge in [-0.2, -0.15) is 0 Å². The van der Waals surface area contributed by atoms with Crippen molar-refractivity contribution in [1.82, 2.24) is 5.32 Å². The summed E-state index contributed by atoms with van der Waals surface area (Å²) in [5.74, 6) is 0.0114. The summed E-state index contributed by atoms with van der Waals surface area (Å²) in [6.07, 6.45) is 1.67. The van der Waals surface area contributed by atoms with Gasteiger partial charge in [0, 0.05) is 25.0 Å². The van der Waals surface area contributed by atoms with E-state index < -0.39 is 6.10 Å². The van der Waals surface area contributed by atoms with Crippen LogP contribution in [0.4, 0.5) is 0 Å². The number of hydrogen-bond donors (Lipinski definition) is 3. The Balaban J connectivity index is 1.48. The Labute approximate surface area is 209 Å². The summed E-state index contributed by atoms with van der Waals surface area (Å²) < 4.78 is 0. The van der Waals surface area contributed by atoms with Crippen LogP contribution < -0.4 is 11.1 Å². The minimum absolute atomic E-state index is 0.0114. The van der Waals surface area contributed by atoms with Crippen LogP contribution in [-0.2, 0) is 19.5 Å². The lowest BCUT2D eigenvalue weighted by Gasteiger charge is -2.29. The minimum Gasteiger partial charge on any atom is -0.393 e. The van der Waals surface area contributed by atoms with Crippen LogP contribution in [-0.4, -0.2) is 17.3 Å². The molecule has 3 heteroatoms. The Morgan fingerprint density at radius 3 is 1.91 bits per heavy atom. The van der Waals surface area contributed by atoms with E-state index in [2.05, 4.69) is 90.2 Å². The van der Waals surface area contributed by atoms with Crippen molar-refractivity contribution >= 4 is 0 Å². The minimum atomic E-state index is -0.445. The molecule has 0 heterocycles. The van der Waals surface area contributed by atoms with Gasteiger partial charge in [0.1, 0.15) is 0 Å². The van der Waals surface area contributed by atoms with Gasteiger partial charge in [-0.15, -0.1) is 0 Å². The SMILES string of the molecule is NC(CC(O)CCc1ccccc1)[C@@H](c1ccccc1)c1ccccc1CNCc1ccccc1. The molecule has 0 aliphatic heterocycles. The first kappa shape index (κ1) is 24.9. The highest BCUT2D eigenvalue weighted by atomic mass is 16.3. The largest absolute Gasteiger partial charge is 0.393 e. The Morgan fingerprint density at radius 2 is 1.23 bits per heavy atom. The fourth-order valence-corrected chi connectivity index (χ4v) is 4.80. The molecule has 0 radical (unpaired) electrons. The van der Waals surface area contributed by atoms with Crippen LogP contribution in [0.15, 0.2) is 115 Å². The predicted molar refractivity (Wildman–Crippen MR) is 145 cm³/mol. The summed E-state index contributed by atoms with van der Waals surface area (Å²) in [4.78, 5) is 0. The normalized spacial score (nSPS) is 13.8. The fraction of sp³-hybridized carbons (Fsp3) is 0.250. The van der Waals surface area contributed by atoms with E-state index in [0.29, 0.717) is 12.8 Å². The van der Waals surface area contributed by atoms with Crippen molar-refractivity contribution in [3.05, 3.63) is 143 Å². The monoisotopic (exact) mass is 464 g/mol. The highest BCUT2D eigenvalue weighted by Crippen LogP contribution is 2.32. The molecule has 0 spiro atoms. The van der Waals surface area contributed by atoms with Crippen LogP contribution in [0.2, 0.25) is 0 Å². The number of hydrogen-bond acceptors (Lipinski definition) is 3. The summed E-state index contributed by atoms with van der Waals surface area (Å²) in [6, 6.07) is 39.6. The third-order valence-corrected chi connectivity index (χ3v) is 6.62. The highest BCUT2D eigenvalue weighted by Gasteiger charge is 2.26. The number of nitrogens with two attached hydrogens (primary N) is 1. The number of nitrogens with one attached hydrogen (secondary N) is 1. The second-order valence-corrected chi connectivity index (χ2v) is 9.25. The lowest BCUT2D eigenvalue weighted by atomic mass is 9.80. The second kappa shape index (κ2) is 13.0. The molecule has 4 N–H and O–H groups in total. The van der Waals surface area contributed by atoms with Crippen LogP contribution in [0.5, 0.6) is 0 Å². The van der Waals surface area contributed by atoms with Gasteiger partial charge >= 0.3 is 0 Å². The van der Waals surface area contributed by atoms with E-state index >= 15 is 0 Å². The topological polar surface area (TPSA) is 58.3 Å². The van der Waals surface area contributed by atoms with Gasteiger partial charge < -0.3 is 16.2 Å². The smallest absolute Gasteiger partial charge is 0.0558 e. The van der Waals surface area contributed by atoms with E-state index in [0.717, 1.165) is 19.5 Å². The lowest BCUT2D eigenvalue weighted by Crippen LogP contribution is -2.34. The van der Waals surface area contributed by atoms with E-state index in [1.54, 1.807) is 0 Å². The molecule has 0 saturated heterocycles. The molecule has 0 aliphatic carbocycles. The molecule has 4 aromatic carbocycles. The average molecular weight is 465 g/mol. The van der Waals surface area contributed by atoms with Crippen molar-refractivity contribution in [2.75, 3.05) is 0 Å². The molecule has 3 nitrogen and oxygen atoms in total. The molecule has 0 aliphatic rings. The van der Waals surface area contributed by atoms with Crippen molar-refractivity contribution in [2.24, 2.45) is 5.73 Å². The zero-order valence-electron chi connectivity index (χ0n) is 20.3. The molecule has 180 valence electrons. The van der Waals surface area contributed by atoms with E-state index in [-0.39, 0.29) is 12.0 Å². The summed E-state index contributed by atoms with van der Waals surface area (Å²) >= 11 is 0. The van der Waals surface area contributed by atoms with E-state index in [4.69, 9.17) is 5.73 Å². The first-order valence-electron chi connectivity index (χ1n) is 12.6. The summed E-state index contributed by atoms with van der Waals surface area (Å²) in [6.45, 7) is 1.58. The standard InChI is InChI=1S/C32H36N2O/c33-31(22-29(35)21-20-25-12-4-1-5-13-25)32(27-16-8-3-9-17-27)30-19-11-10-18-28(30)24-34-23-26-14-6-2-7-15-26/h1-19,29,31-32,34-35H,20-24,33H2/t29?,31?,32-/m0/s1. The van der Waals surface area contributed by atoms with Gasteiger partial charge in [0.25, 0.3) is 0 Å². The average Bonchev–Trinajstić information content (AvgIpc) is 2.90. The van der Waals surface area contributed by atoms with Crippen molar-refractivity contribution in [2.45, 2.75) is 50.4 Å². The summed E-state index contributed by atoms with van der Waals surface area (Å²) in [5.41, 5.74) is 13.0. The van der Waals surface area contributed by atoms with Crippen molar-refractivity contribution in [3.8, 4) is 0 Å². The Kier molecular flexibility index (Phi) is 9.24. The van der Waals surface area contributed by atoms with E-state index in [1.165, 1.54) is 27.8 Å². The Morgan fingerprint density at radius 1 is 0.657 bits per heavy atom. The third-order valence-electron chi connectivity index (χ3n) is 6.62. The van der Waals surface area contributed by atoms with Crippen LogP contribution in [0.3, 0.4) is 0 Å². The van der Waals surface area contributed by atoms with Crippen molar-refractivity contribution in [1.29, 1.82) is 0 Å². The van der Waals surface area contributed by atoms with Gasteiger partial charge in [0.05, 0.1) is 6.10 Å². The lowest BCUT2D eigenvalue weighted by molar-refractivity contribution is 0.143. The van der Waals surface area contributed by atoms with Crippen molar-refractivity contribution in [3.63, 3.8) is 0 Å². The van der Waals surface area contributed by atoms with E-state index in [9.17, 15) is 5.11 Å². The highest BCUT2D eigenvalue weighted by molar-refractivity contribution is 5.39. The maximum atomic E-state index is 10.9. The molecule has 4 aromatic rings. The zero-order valence-corrected chi connectivity index (χ0v) is 20.3. The van der Waals surface area contributed by atoms with Gasteiger partial charge in [-0.05, 0) is 47.1 Å². The molecule has 0 saturated carbocycles. The first-order valence-corrected chi connectivity index (χ1v) is 12.6. The van der Waals surface area contributed by atoms with Gasteiger partial charge in [-0.1, -0.05) is 115 Å². The fourth-order valence-electron chi connectivity index (χ4n) is 4.80. The zero-order chi connectivity index (χ0) is 24.3. The molecule has 4 rings (SSSR count). The number of aliphatic hydroxyl groups is 1. The molecular formula is C32H36N2O. The number of benzene rings is 4. The van der Waals surface area contributed by atoms with Gasteiger partial charge in [0.2, 0.25) is 0 Å². The maximum absolute atomic E-state index is 10.9. The number of aliphatic hydroxyl groups excluding tert-OH is 1. The van der Waals surface area contributed by atoms with Gasteiger partial charge in [-0.3, -0.25) is 0 Å². The Hall–Kier alpha value is -3.24. The Bertz CT molecular complexity index is 1130. The van der Waals surface area contributed by atoms with Crippen LogP contribution >= 0.6 is 0 Å². The van der Waals surface area contributed by atoms with Gasteiger partial charge in [0.15, 0.2) is 0 Å². The second-order valence-electron chi connectivity index (χ2n) is 9.25. The molecule has 35 heavy (non-hydrogen) atoms. The van der Waals surface area contributed by atoms with Crippen LogP contribution in [0.1, 0.15) is 46.6 Å². The molecule has 3 atom stereocenters. The molecule has 0 bridgehead atoms. The quantitative estimate of drug-likeness (QED) is 0.248. The number of aryl methyl sites for hydroxylation is 1. The molecular weight excluding hydrogens is 428 g/mol. The molecule has 0 aromatic heterocycles. The molecule has 0 amide bonds.